The van der Waals surface area contributed by atoms with E-state index in [-0.39, 0.29) is 17.5 Å². The van der Waals surface area contributed by atoms with Gasteiger partial charge in [-0.15, -0.1) is 11.3 Å². The van der Waals surface area contributed by atoms with Crippen molar-refractivity contribution in [1.82, 2.24) is 15.1 Å². The van der Waals surface area contributed by atoms with Crippen LogP contribution in [0.3, 0.4) is 0 Å². The van der Waals surface area contributed by atoms with Gasteiger partial charge < -0.3 is 0 Å². The van der Waals surface area contributed by atoms with E-state index < -0.39 is 5.91 Å². The molecule has 1 fully saturated rings. The van der Waals surface area contributed by atoms with Crippen LogP contribution in [-0.4, -0.2) is 21.6 Å². The molecule has 2 heterocycles. The summed E-state index contributed by atoms with van der Waals surface area (Å²) >= 11 is 17.4. The number of halogens is 3. The number of rotatable bonds is 4. The van der Waals surface area contributed by atoms with Crippen molar-refractivity contribution in [2.75, 3.05) is 0 Å². The van der Waals surface area contributed by atoms with Gasteiger partial charge in [-0.2, -0.15) is 5.10 Å². The van der Waals surface area contributed by atoms with Crippen LogP contribution >= 0.6 is 50.5 Å². The molecule has 0 radical (unpaired) electrons. The number of amides is 2. The molecule has 3 aromatic rings. The summed E-state index contributed by atoms with van der Waals surface area (Å²) < 4.78 is 2.58. The molecule has 0 spiro atoms. The number of imide groups is 1. The number of benzene rings is 1. The Labute approximate surface area is 183 Å². The van der Waals surface area contributed by atoms with Crippen molar-refractivity contribution in [3.63, 3.8) is 0 Å². The fraction of sp³-hybridized carbons (Fsp3) is 0.211. The second-order valence-electron chi connectivity index (χ2n) is 6.53. The molecule has 2 amide bonds. The number of hydrogen-bond acceptors (Lipinski definition) is 4. The Balaban J connectivity index is 1.83. The molecule has 144 valence electrons. The molecular formula is C19H14BrCl2N3O2S. The molecule has 1 aliphatic carbocycles. The normalized spacial score (nSPS) is 13.6. The molecule has 0 aliphatic heterocycles. The summed E-state index contributed by atoms with van der Waals surface area (Å²) in [5, 5.41) is 7.88. The zero-order valence-corrected chi connectivity index (χ0v) is 18.5. The molecule has 1 aliphatic rings. The van der Waals surface area contributed by atoms with Crippen molar-refractivity contribution in [2.45, 2.75) is 19.8 Å². The lowest BCUT2D eigenvalue weighted by Gasteiger charge is -2.09. The van der Waals surface area contributed by atoms with E-state index in [9.17, 15) is 9.59 Å². The molecule has 5 nitrogen and oxygen atoms in total. The summed E-state index contributed by atoms with van der Waals surface area (Å²) in [5.74, 6) is -0.816. The predicted octanol–water partition coefficient (Wildman–Crippen LogP) is 5.64. The maximum atomic E-state index is 12.7. The summed E-state index contributed by atoms with van der Waals surface area (Å²) in [6.45, 7) is 1.81. The van der Waals surface area contributed by atoms with E-state index in [0.717, 1.165) is 27.2 Å². The first-order valence-corrected chi connectivity index (χ1v) is 10.9. The van der Waals surface area contributed by atoms with E-state index in [4.69, 9.17) is 23.2 Å². The number of hydrogen-bond donors (Lipinski definition) is 1. The van der Waals surface area contributed by atoms with Crippen LogP contribution in [0.25, 0.3) is 16.3 Å². The number of carbonyl (C=O) groups excluding carboxylic acids is 2. The standard InChI is InChI=1S/C19H14BrCl2N3O2S/c1-9-16(19(27)23-18(26)10-2-3-10)24-25(13-5-4-11(21)8-12(13)22)17(9)14-6-7-15(20)28-14/h4-8,10H,2-3H2,1H3,(H,23,26,27). The maximum Gasteiger partial charge on any atom is 0.278 e. The molecule has 9 heteroatoms. The third-order valence-corrected chi connectivity index (χ3v) is 6.63. The van der Waals surface area contributed by atoms with E-state index in [1.54, 1.807) is 22.9 Å². The molecule has 1 aromatic carbocycles. The molecule has 0 bridgehead atoms. The molecule has 4 rings (SSSR count). The summed E-state index contributed by atoms with van der Waals surface area (Å²) in [7, 11) is 0. The van der Waals surface area contributed by atoms with Crippen molar-refractivity contribution < 1.29 is 9.59 Å². The Bertz CT molecular complexity index is 1100. The largest absolute Gasteiger partial charge is 0.291 e. The number of aromatic nitrogens is 2. The van der Waals surface area contributed by atoms with E-state index in [1.165, 1.54) is 11.3 Å². The number of carbonyl (C=O) groups is 2. The van der Waals surface area contributed by atoms with Gasteiger partial charge in [-0.3, -0.25) is 14.9 Å². The Morgan fingerprint density at radius 1 is 1.25 bits per heavy atom. The fourth-order valence-electron chi connectivity index (χ4n) is 2.89. The maximum absolute atomic E-state index is 12.7. The first-order chi connectivity index (χ1) is 13.3. The van der Waals surface area contributed by atoms with Crippen LogP contribution in [0.2, 0.25) is 10.0 Å². The van der Waals surface area contributed by atoms with Crippen molar-refractivity contribution in [3.8, 4) is 16.3 Å². The van der Waals surface area contributed by atoms with Gasteiger partial charge in [0.25, 0.3) is 5.91 Å². The highest BCUT2D eigenvalue weighted by atomic mass is 79.9. The van der Waals surface area contributed by atoms with Gasteiger partial charge in [-0.25, -0.2) is 4.68 Å². The smallest absolute Gasteiger partial charge is 0.278 e. The third-order valence-electron chi connectivity index (χ3n) is 4.47. The van der Waals surface area contributed by atoms with Crippen LogP contribution in [0.1, 0.15) is 28.9 Å². The minimum absolute atomic E-state index is 0.0650. The number of nitrogens with one attached hydrogen (secondary N) is 1. The van der Waals surface area contributed by atoms with Crippen LogP contribution in [0, 0.1) is 12.8 Å². The second kappa shape index (κ2) is 7.63. The van der Waals surface area contributed by atoms with Crippen LogP contribution in [0.4, 0.5) is 0 Å². The second-order valence-corrected chi connectivity index (χ2v) is 9.83. The van der Waals surface area contributed by atoms with Gasteiger partial charge in [0.2, 0.25) is 5.91 Å². The van der Waals surface area contributed by atoms with Crippen molar-refractivity contribution in [1.29, 1.82) is 0 Å². The minimum atomic E-state index is -0.505. The highest BCUT2D eigenvalue weighted by Gasteiger charge is 2.32. The van der Waals surface area contributed by atoms with Gasteiger partial charge in [0.15, 0.2) is 5.69 Å². The van der Waals surface area contributed by atoms with Gasteiger partial charge in [-0.1, -0.05) is 23.2 Å². The van der Waals surface area contributed by atoms with Gasteiger partial charge in [0.05, 0.1) is 25.1 Å². The highest BCUT2D eigenvalue weighted by molar-refractivity contribution is 9.11. The summed E-state index contributed by atoms with van der Waals surface area (Å²) in [6, 6.07) is 8.96. The zero-order chi connectivity index (χ0) is 20.0. The Morgan fingerprint density at radius 2 is 2.00 bits per heavy atom. The molecule has 1 N–H and O–H groups in total. The van der Waals surface area contributed by atoms with Gasteiger partial charge in [0.1, 0.15) is 0 Å². The van der Waals surface area contributed by atoms with Crippen LogP contribution < -0.4 is 5.32 Å². The summed E-state index contributed by atoms with van der Waals surface area (Å²) in [4.78, 5) is 25.6. The average Bonchev–Trinajstić information content (AvgIpc) is 3.32. The van der Waals surface area contributed by atoms with E-state index in [0.29, 0.717) is 21.3 Å². The highest BCUT2D eigenvalue weighted by Crippen LogP contribution is 2.37. The Morgan fingerprint density at radius 3 is 2.61 bits per heavy atom. The first kappa shape index (κ1) is 19.6. The third kappa shape index (κ3) is 3.76. The van der Waals surface area contributed by atoms with Crippen molar-refractivity contribution in [3.05, 3.63) is 55.4 Å². The first-order valence-electron chi connectivity index (χ1n) is 8.51. The Kier molecular flexibility index (Phi) is 5.35. The van der Waals surface area contributed by atoms with Crippen molar-refractivity contribution >= 4 is 62.3 Å². The molecule has 0 unspecified atom stereocenters. The van der Waals surface area contributed by atoms with Crippen LogP contribution in [0.5, 0.6) is 0 Å². The molecule has 2 aromatic heterocycles. The van der Waals surface area contributed by atoms with E-state index in [2.05, 4.69) is 26.3 Å². The zero-order valence-electron chi connectivity index (χ0n) is 14.6. The monoisotopic (exact) mass is 497 g/mol. The lowest BCUT2D eigenvalue weighted by molar-refractivity contribution is -0.121. The summed E-state index contributed by atoms with van der Waals surface area (Å²) in [6.07, 6.45) is 1.64. The Hall–Kier alpha value is -1.67. The molecular weight excluding hydrogens is 485 g/mol. The predicted molar refractivity (Wildman–Crippen MR) is 115 cm³/mol. The fourth-order valence-corrected chi connectivity index (χ4v) is 4.85. The number of thiophene rings is 1. The van der Waals surface area contributed by atoms with Crippen LogP contribution in [0.15, 0.2) is 34.1 Å². The SMILES string of the molecule is Cc1c(C(=O)NC(=O)C2CC2)nn(-c2ccc(Cl)cc2Cl)c1-c1ccc(Br)s1. The average molecular weight is 499 g/mol. The van der Waals surface area contributed by atoms with Gasteiger partial charge in [-0.05, 0) is 66.0 Å². The summed E-state index contributed by atoms with van der Waals surface area (Å²) in [5.41, 5.74) is 2.20. The molecule has 1 saturated carbocycles. The molecule has 0 atom stereocenters. The molecule has 0 saturated heterocycles. The topological polar surface area (TPSA) is 64.0 Å². The van der Waals surface area contributed by atoms with Crippen LogP contribution in [-0.2, 0) is 4.79 Å². The lowest BCUT2D eigenvalue weighted by Crippen LogP contribution is -2.32. The van der Waals surface area contributed by atoms with E-state index >= 15 is 0 Å². The minimum Gasteiger partial charge on any atom is -0.291 e. The quantitative estimate of drug-likeness (QED) is 0.473. The number of nitrogens with zero attached hydrogens (tertiary/aromatic N) is 2. The van der Waals surface area contributed by atoms with Gasteiger partial charge in [0, 0.05) is 16.5 Å². The van der Waals surface area contributed by atoms with Gasteiger partial charge >= 0.3 is 0 Å². The van der Waals surface area contributed by atoms with Crippen molar-refractivity contribution in [2.24, 2.45) is 5.92 Å². The molecule has 28 heavy (non-hydrogen) atoms. The van der Waals surface area contributed by atoms with E-state index in [1.807, 2.05) is 19.1 Å². The lowest BCUT2D eigenvalue weighted by atomic mass is 10.1.